The van der Waals surface area contributed by atoms with Crippen LogP contribution in [0, 0.1) is 6.92 Å². The Morgan fingerprint density at radius 1 is 1.41 bits per heavy atom. The highest BCUT2D eigenvalue weighted by molar-refractivity contribution is 9.10. The molecule has 0 aliphatic rings. The molecule has 0 aromatic heterocycles. The van der Waals surface area contributed by atoms with Crippen molar-refractivity contribution >= 4 is 21.9 Å². The predicted molar refractivity (Wildman–Crippen MR) is 72.2 cm³/mol. The molecule has 0 spiro atoms. The second-order valence-electron chi connectivity index (χ2n) is 3.99. The second-order valence-corrected chi connectivity index (χ2v) is 4.84. The van der Waals surface area contributed by atoms with Crippen LogP contribution in [-0.4, -0.2) is 29.1 Å². The van der Waals surface area contributed by atoms with Crippen molar-refractivity contribution in [1.82, 2.24) is 4.90 Å². The molecule has 0 aliphatic carbocycles. The van der Waals surface area contributed by atoms with E-state index >= 15 is 0 Å². The number of nitrogens with zero attached hydrogens (tertiary/aromatic N) is 1. The predicted octanol–water partition coefficient (Wildman–Crippen LogP) is 3.23. The number of carboxylic acids is 1. The van der Waals surface area contributed by atoms with E-state index in [9.17, 15) is 9.90 Å². The summed E-state index contributed by atoms with van der Waals surface area (Å²) in [5.41, 5.74) is 1.93. The van der Waals surface area contributed by atoms with E-state index in [2.05, 4.69) is 15.9 Å². The standard InChI is InChI=1S/C13H18BrNO2/c1-4-15(5-2)12(13(16)17)10-7-6-9(3)8-11(10)14/h6-8,12H,4-5H2,1-3H3,(H,16,17). The van der Waals surface area contributed by atoms with Crippen molar-refractivity contribution in [3.63, 3.8) is 0 Å². The molecule has 0 aliphatic heterocycles. The van der Waals surface area contributed by atoms with Gasteiger partial charge in [-0.1, -0.05) is 41.9 Å². The Morgan fingerprint density at radius 3 is 2.41 bits per heavy atom. The van der Waals surface area contributed by atoms with E-state index in [1.165, 1.54) is 0 Å². The molecule has 1 atom stereocenters. The first-order valence-electron chi connectivity index (χ1n) is 5.74. The number of aliphatic carboxylic acids is 1. The highest BCUT2D eigenvalue weighted by atomic mass is 79.9. The minimum Gasteiger partial charge on any atom is -0.480 e. The van der Waals surface area contributed by atoms with Crippen molar-refractivity contribution < 1.29 is 9.90 Å². The third-order valence-electron chi connectivity index (χ3n) is 2.86. The van der Waals surface area contributed by atoms with Gasteiger partial charge in [0.25, 0.3) is 0 Å². The van der Waals surface area contributed by atoms with Crippen LogP contribution in [0.3, 0.4) is 0 Å². The lowest BCUT2D eigenvalue weighted by atomic mass is 10.0. The van der Waals surface area contributed by atoms with Crippen molar-refractivity contribution in [2.45, 2.75) is 26.8 Å². The number of benzene rings is 1. The Labute approximate surface area is 111 Å². The number of likely N-dealkylation sites (N-methyl/N-ethyl adjacent to an activating group) is 1. The summed E-state index contributed by atoms with van der Waals surface area (Å²) in [6.45, 7) is 7.37. The minimum absolute atomic E-state index is 0.583. The topological polar surface area (TPSA) is 40.5 Å². The molecular weight excluding hydrogens is 282 g/mol. The lowest BCUT2D eigenvalue weighted by Gasteiger charge is -2.27. The van der Waals surface area contributed by atoms with Crippen LogP contribution >= 0.6 is 15.9 Å². The number of aryl methyl sites for hydroxylation is 1. The molecule has 94 valence electrons. The van der Waals surface area contributed by atoms with Crippen LogP contribution < -0.4 is 0 Å². The molecule has 1 unspecified atom stereocenters. The van der Waals surface area contributed by atoms with Crippen molar-refractivity contribution in [3.05, 3.63) is 33.8 Å². The summed E-state index contributed by atoms with van der Waals surface area (Å²) in [5.74, 6) is -0.807. The molecule has 17 heavy (non-hydrogen) atoms. The molecule has 0 fully saturated rings. The Bertz CT molecular complexity index is 402. The first kappa shape index (κ1) is 14.2. The first-order chi connectivity index (χ1) is 8.01. The number of halogens is 1. The Balaban J connectivity index is 3.18. The average molecular weight is 300 g/mol. The normalized spacial score (nSPS) is 12.8. The second kappa shape index (κ2) is 6.17. The van der Waals surface area contributed by atoms with Gasteiger partial charge in [-0.3, -0.25) is 9.69 Å². The summed E-state index contributed by atoms with van der Waals surface area (Å²) in [6.07, 6.45) is 0. The molecule has 1 rings (SSSR count). The van der Waals surface area contributed by atoms with E-state index in [1.807, 2.05) is 43.9 Å². The molecule has 3 nitrogen and oxygen atoms in total. The molecule has 0 heterocycles. The van der Waals surface area contributed by atoms with Gasteiger partial charge in [-0.05, 0) is 37.2 Å². The van der Waals surface area contributed by atoms with Gasteiger partial charge >= 0.3 is 5.97 Å². The van der Waals surface area contributed by atoms with E-state index in [-0.39, 0.29) is 0 Å². The molecule has 1 N–H and O–H groups in total. The van der Waals surface area contributed by atoms with E-state index in [0.29, 0.717) is 13.1 Å². The summed E-state index contributed by atoms with van der Waals surface area (Å²) >= 11 is 3.45. The first-order valence-corrected chi connectivity index (χ1v) is 6.53. The third-order valence-corrected chi connectivity index (χ3v) is 3.55. The molecule has 1 aromatic carbocycles. The van der Waals surface area contributed by atoms with Crippen LogP contribution in [0.2, 0.25) is 0 Å². The maximum Gasteiger partial charge on any atom is 0.325 e. The summed E-state index contributed by atoms with van der Waals surface area (Å²) in [6, 6.07) is 5.20. The molecule has 0 bridgehead atoms. The van der Waals surface area contributed by atoms with Gasteiger partial charge in [-0.15, -0.1) is 0 Å². The van der Waals surface area contributed by atoms with Gasteiger partial charge in [0, 0.05) is 4.47 Å². The minimum atomic E-state index is -0.807. The summed E-state index contributed by atoms with van der Waals surface area (Å²) in [4.78, 5) is 13.4. The van der Waals surface area contributed by atoms with Crippen molar-refractivity contribution in [1.29, 1.82) is 0 Å². The fraction of sp³-hybridized carbons (Fsp3) is 0.462. The number of carbonyl (C=O) groups is 1. The van der Waals surface area contributed by atoms with Gasteiger partial charge in [0.1, 0.15) is 6.04 Å². The van der Waals surface area contributed by atoms with Crippen LogP contribution in [0.1, 0.15) is 31.0 Å². The smallest absolute Gasteiger partial charge is 0.325 e. The van der Waals surface area contributed by atoms with Gasteiger partial charge in [0.15, 0.2) is 0 Å². The molecule has 0 saturated heterocycles. The zero-order chi connectivity index (χ0) is 13.0. The lowest BCUT2D eigenvalue weighted by Crippen LogP contribution is -2.34. The Hall–Kier alpha value is -0.870. The number of carboxylic acid groups (broad SMARTS) is 1. The van der Waals surface area contributed by atoms with Crippen LogP contribution in [0.5, 0.6) is 0 Å². The maximum atomic E-state index is 11.4. The highest BCUT2D eigenvalue weighted by Crippen LogP contribution is 2.28. The van der Waals surface area contributed by atoms with E-state index < -0.39 is 12.0 Å². The van der Waals surface area contributed by atoms with Gasteiger partial charge in [0.2, 0.25) is 0 Å². The summed E-state index contributed by atoms with van der Waals surface area (Å²) in [5, 5.41) is 9.39. The van der Waals surface area contributed by atoms with E-state index in [0.717, 1.165) is 15.6 Å². The fourth-order valence-corrected chi connectivity index (χ4v) is 2.64. The molecule has 1 aromatic rings. The van der Waals surface area contributed by atoms with Crippen molar-refractivity contribution in [2.75, 3.05) is 13.1 Å². The van der Waals surface area contributed by atoms with Gasteiger partial charge in [-0.25, -0.2) is 0 Å². The highest BCUT2D eigenvalue weighted by Gasteiger charge is 2.26. The average Bonchev–Trinajstić information content (AvgIpc) is 2.26. The fourth-order valence-electron chi connectivity index (χ4n) is 1.93. The molecule has 0 radical (unpaired) electrons. The van der Waals surface area contributed by atoms with E-state index in [4.69, 9.17) is 0 Å². The zero-order valence-electron chi connectivity index (χ0n) is 10.4. The lowest BCUT2D eigenvalue weighted by molar-refractivity contribution is -0.143. The summed E-state index contributed by atoms with van der Waals surface area (Å²) in [7, 11) is 0. The summed E-state index contributed by atoms with van der Waals surface area (Å²) < 4.78 is 0.858. The number of rotatable bonds is 5. The van der Waals surface area contributed by atoms with Crippen molar-refractivity contribution in [2.24, 2.45) is 0 Å². The quantitative estimate of drug-likeness (QED) is 0.907. The molecule has 0 amide bonds. The van der Waals surface area contributed by atoms with Crippen LogP contribution in [0.4, 0.5) is 0 Å². The maximum absolute atomic E-state index is 11.4. The molecule has 0 saturated carbocycles. The SMILES string of the molecule is CCN(CC)C(C(=O)O)c1ccc(C)cc1Br. The monoisotopic (exact) mass is 299 g/mol. The Morgan fingerprint density at radius 2 is 2.00 bits per heavy atom. The zero-order valence-corrected chi connectivity index (χ0v) is 12.0. The van der Waals surface area contributed by atoms with Gasteiger partial charge in [0.05, 0.1) is 0 Å². The van der Waals surface area contributed by atoms with E-state index in [1.54, 1.807) is 0 Å². The van der Waals surface area contributed by atoms with Crippen LogP contribution in [0.25, 0.3) is 0 Å². The van der Waals surface area contributed by atoms with Gasteiger partial charge < -0.3 is 5.11 Å². The van der Waals surface area contributed by atoms with Crippen LogP contribution in [-0.2, 0) is 4.79 Å². The van der Waals surface area contributed by atoms with Crippen LogP contribution in [0.15, 0.2) is 22.7 Å². The molecular formula is C13H18BrNO2. The van der Waals surface area contributed by atoms with Gasteiger partial charge in [-0.2, -0.15) is 0 Å². The number of hydrogen-bond acceptors (Lipinski definition) is 2. The third kappa shape index (κ3) is 3.30. The largest absolute Gasteiger partial charge is 0.480 e. The molecule has 4 heteroatoms. The van der Waals surface area contributed by atoms with Crippen molar-refractivity contribution in [3.8, 4) is 0 Å². The number of hydrogen-bond donors (Lipinski definition) is 1. The Kier molecular flexibility index (Phi) is 5.15.